The fourth-order valence-corrected chi connectivity index (χ4v) is 1.29. The lowest BCUT2D eigenvalue weighted by Gasteiger charge is -2.10. The van der Waals surface area contributed by atoms with E-state index in [0.717, 1.165) is 13.0 Å². The van der Waals surface area contributed by atoms with Crippen molar-refractivity contribution in [3.63, 3.8) is 0 Å². The van der Waals surface area contributed by atoms with E-state index < -0.39 is 28.1 Å². The first-order valence-electron chi connectivity index (χ1n) is 4.52. The van der Waals surface area contributed by atoms with E-state index in [1.165, 1.54) is 13.0 Å². The summed E-state index contributed by atoms with van der Waals surface area (Å²) in [7, 11) is 0. The summed E-state index contributed by atoms with van der Waals surface area (Å²) in [6.07, 6.45) is 0. The van der Waals surface area contributed by atoms with E-state index in [4.69, 9.17) is 0 Å². The number of esters is 1. The van der Waals surface area contributed by atoms with Gasteiger partial charge in [0.15, 0.2) is 0 Å². The summed E-state index contributed by atoms with van der Waals surface area (Å²) in [5, 5.41) is 21.5. The molecule has 1 rings (SSSR count). The van der Waals surface area contributed by atoms with Crippen LogP contribution in [0.2, 0.25) is 0 Å². The predicted molar refractivity (Wildman–Crippen MR) is 53.5 cm³/mol. The smallest absolute Gasteiger partial charge is 0.320 e. The van der Waals surface area contributed by atoms with Crippen LogP contribution in [-0.2, 0) is 4.79 Å². The molecule has 0 heterocycles. The maximum atomic E-state index is 10.8. The van der Waals surface area contributed by atoms with Crippen LogP contribution in [0.15, 0.2) is 12.1 Å². The van der Waals surface area contributed by atoms with Gasteiger partial charge in [-0.2, -0.15) is 0 Å². The Labute approximate surface area is 95.8 Å². The number of nitro groups is 1. The van der Waals surface area contributed by atoms with Gasteiger partial charge in [-0.3, -0.25) is 14.9 Å². The fraction of sp³-hybridized carbons (Fsp3) is 0.200. The zero-order valence-corrected chi connectivity index (χ0v) is 9.05. The van der Waals surface area contributed by atoms with E-state index in [-0.39, 0.29) is 11.3 Å². The summed E-state index contributed by atoms with van der Waals surface area (Å²) in [5.41, 5.74) is -1.12. The van der Waals surface area contributed by atoms with Crippen LogP contribution < -0.4 is 9.84 Å². The maximum absolute atomic E-state index is 10.8. The lowest BCUT2D eigenvalue weighted by Crippen LogP contribution is -2.24. The number of nitro benzene ring substituents is 1. The summed E-state index contributed by atoms with van der Waals surface area (Å²) < 4.78 is 4.66. The van der Waals surface area contributed by atoms with Crippen LogP contribution >= 0.6 is 0 Å². The number of nitrogens with zero attached hydrogens (tertiary/aromatic N) is 1. The third-order valence-corrected chi connectivity index (χ3v) is 1.98. The molecule has 7 heteroatoms. The Hall–Kier alpha value is -2.44. The second-order valence-corrected chi connectivity index (χ2v) is 3.25. The minimum Gasteiger partial charge on any atom is -0.545 e. The average molecular weight is 238 g/mol. The van der Waals surface area contributed by atoms with Gasteiger partial charge in [-0.15, -0.1) is 0 Å². The van der Waals surface area contributed by atoms with Gasteiger partial charge in [-0.05, 0) is 18.6 Å². The van der Waals surface area contributed by atoms with Gasteiger partial charge >= 0.3 is 11.7 Å². The van der Waals surface area contributed by atoms with Crippen molar-refractivity contribution in [2.45, 2.75) is 13.8 Å². The number of aryl methyl sites for hydroxylation is 1. The monoisotopic (exact) mass is 238 g/mol. The number of hydrogen-bond acceptors (Lipinski definition) is 6. The van der Waals surface area contributed by atoms with Gasteiger partial charge < -0.3 is 14.6 Å². The molecule has 0 saturated heterocycles. The van der Waals surface area contributed by atoms with Crippen molar-refractivity contribution < 1.29 is 24.4 Å². The molecule has 7 nitrogen and oxygen atoms in total. The van der Waals surface area contributed by atoms with Gasteiger partial charge in [0.25, 0.3) is 0 Å². The SMILES string of the molecule is CC(=O)Oc1c(C)ccc(C(=O)[O-])c1[N+](=O)[O-]. The van der Waals surface area contributed by atoms with Crippen LogP contribution in [0.25, 0.3) is 0 Å². The fourth-order valence-electron chi connectivity index (χ4n) is 1.29. The Morgan fingerprint density at radius 2 is 1.94 bits per heavy atom. The molecule has 0 radical (unpaired) electrons. The minimum atomic E-state index is -1.70. The second-order valence-electron chi connectivity index (χ2n) is 3.25. The van der Waals surface area contributed by atoms with Crippen LogP contribution in [0, 0.1) is 17.0 Å². The Kier molecular flexibility index (Phi) is 3.42. The molecule has 0 aliphatic rings. The first-order chi connectivity index (χ1) is 7.84. The van der Waals surface area contributed by atoms with Gasteiger partial charge in [-0.25, -0.2) is 0 Å². The quantitative estimate of drug-likeness (QED) is 0.322. The molecule has 90 valence electrons. The largest absolute Gasteiger partial charge is 0.545 e. The number of carboxylic acids is 1. The van der Waals surface area contributed by atoms with E-state index in [0.29, 0.717) is 0 Å². The Morgan fingerprint density at radius 3 is 2.35 bits per heavy atom. The Morgan fingerprint density at radius 1 is 1.35 bits per heavy atom. The Bertz CT molecular complexity index is 508. The second kappa shape index (κ2) is 4.60. The molecule has 0 saturated carbocycles. The molecule has 0 bridgehead atoms. The first kappa shape index (κ1) is 12.6. The molecule has 1 aromatic rings. The number of hydrogen-bond donors (Lipinski definition) is 0. The molecule has 0 aliphatic heterocycles. The van der Waals surface area contributed by atoms with Crippen molar-refractivity contribution in [2.75, 3.05) is 0 Å². The van der Waals surface area contributed by atoms with Crippen molar-refractivity contribution in [2.24, 2.45) is 0 Å². The van der Waals surface area contributed by atoms with Gasteiger partial charge in [-0.1, -0.05) is 6.07 Å². The van der Waals surface area contributed by atoms with E-state index in [9.17, 15) is 24.8 Å². The van der Waals surface area contributed by atoms with Crippen LogP contribution in [0.4, 0.5) is 5.69 Å². The molecule has 0 aliphatic carbocycles. The van der Waals surface area contributed by atoms with Crippen molar-refractivity contribution in [3.05, 3.63) is 33.4 Å². The van der Waals surface area contributed by atoms with E-state index in [2.05, 4.69) is 4.74 Å². The van der Waals surface area contributed by atoms with Crippen molar-refractivity contribution >= 4 is 17.6 Å². The topological polar surface area (TPSA) is 110 Å². The lowest BCUT2D eigenvalue weighted by molar-refractivity contribution is -0.386. The zero-order valence-electron chi connectivity index (χ0n) is 9.05. The number of benzene rings is 1. The highest BCUT2D eigenvalue weighted by atomic mass is 16.6. The highest BCUT2D eigenvalue weighted by Crippen LogP contribution is 2.34. The maximum Gasteiger partial charge on any atom is 0.320 e. The summed E-state index contributed by atoms with van der Waals surface area (Å²) in [6, 6.07) is 2.34. The number of carbonyl (C=O) groups is 2. The van der Waals surface area contributed by atoms with Crippen molar-refractivity contribution in [1.82, 2.24) is 0 Å². The van der Waals surface area contributed by atoms with Crippen LogP contribution in [0.5, 0.6) is 5.75 Å². The normalized spacial score (nSPS) is 9.76. The molecule has 0 aromatic heterocycles. The third kappa shape index (κ3) is 2.57. The molecular formula is C10H8NO6-. The number of aromatic carboxylic acids is 1. The molecule has 0 amide bonds. The summed E-state index contributed by atoms with van der Waals surface area (Å²) in [6.45, 7) is 2.53. The molecule has 0 N–H and O–H groups in total. The molecule has 0 atom stereocenters. The number of ether oxygens (including phenoxy) is 1. The molecule has 17 heavy (non-hydrogen) atoms. The van der Waals surface area contributed by atoms with Crippen LogP contribution in [0.1, 0.15) is 22.8 Å². The highest BCUT2D eigenvalue weighted by molar-refractivity contribution is 5.93. The van der Waals surface area contributed by atoms with Crippen LogP contribution in [-0.4, -0.2) is 16.9 Å². The standard InChI is InChI=1S/C10H9NO6/c1-5-3-4-7(10(13)14)8(11(15)16)9(5)17-6(2)12/h3-4H,1-2H3,(H,13,14)/p-1. The molecule has 0 spiro atoms. The predicted octanol–water partition coefficient (Wildman–Crippen LogP) is 0.192. The molecular weight excluding hydrogens is 230 g/mol. The number of carbonyl (C=O) groups excluding carboxylic acids is 2. The van der Waals surface area contributed by atoms with Gasteiger partial charge in [0.1, 0.15) is 0 Å². The number of carboxylic acid groups (broad SMARTS) is 1. The van der Waals surface area contributed by atoms with Crippen LogP contribution in [0.3, 0.4) is 0 Å². The summed E-state index contributed by atoms with van der Waals surface area (Å²) >= 11 is 0. The van der Waals surface area contributed by atoms with Gasteiger partial charge in [0.2, 0.25) is 5.75 Å². The van der Waals surface area contributed by atoms with Crippen molar-refractivity contribution in [3.8, 4) is 5.75 Å². The Balaban J connectivity index is 3.54. The highest BCUT2D eigenvalue weighted by Gasteiger charge is 2.25. The summed E-state index contributed by atoms with van der Waals surface area (Å²) in [5.74, 6) is -2.85. The molecule has 1 aromatic carbocycles. The number of rotatable bonds is 3. The van der Waals surface area contributed by atoms with E-state index >= 15 is 0 Å². The first-order valence-corrected chi connectivity index (χ1v) is 4.52. The minimum absolute atomic E-state index is 0.289. The average Bonchev–Trinajstić information content (AvgIpc) is 2.19. The molecule has 0 unspecified atom stereocenters. The molecule has 0 fully saturated rings. The zero-order chi connectivity index (χ0) is 13.2. The van der Waals surface area contributed by atoms with Gasteiger partial charge in [0, 0.05) is 6.92 Å². The third-order valence-electron chi connectivity index (χ3n) is 1.98. The lowest BCUT2D eigenvalue weighted by atomic mass is 10.1. The van der Waals surface area contributed by atoms with Gasteiger partial charge in [0.05, 0.1) is 16.5 Å². The van der Waals surface area contributed by atoms with E-state index in [1.54, 1.807) is 0 Å². The summed E-state index contributed by atoms with van der Waals surface area (Å²) in [4.78, 5) is 31.4. The van der Waals surface area contributed by atoms with E-state index in [1.807, 2.05) is 0 Å². The van der Waals surface area contributed by atoms with Crippen molar-refractivity contribution in [1.29, 1.82) is 0 Å².